The van der Waals surface area contributed by atoms with Gasteiger partial charge >= 0.3 is 0 Å². The van der Waals surface area contributed by atoms with E-state index in [1.807, 2.05) is 0 Å². The van der Waals surface area contributed by atoms with E-state index in [4.69, 9.17) is 0 Å². The van der Waals surface area contributed by atoms with E-state index in [1.54, 1.807) is 0 Å². The summed E-state index contributed by atoms with van der Waals surface area (Å²) in [5.41, 5.74) is 0.167. The van der Waals surface area contributed by atoms with Crippen molar-refractivity contribution in [2.75, 3.05) is 0 Å². The zero-order chi connectivity index (χ0) is 9.64. The SMILES string of the molecule is CC1(C)C[C@@H](O)[C@H]2C(=O)CCC[C@@H]21. The monoisotopic (exact) mass is 182 g/mol. The van der Waals surface area contributed by atoms with E-state index in [0.29, 0.717) is 18.1 Å². The molecule has 0 saturated heterocycles. The molecule has 0 aromatic rings. The van der Waals surface area contributed by atoms with Crippen LogP contribution in [0, 0.1) is 17.3 Å². The van der Waals surface area contributed by atoms with Crippen LogP contribution in [0.25, 0.3) is 0 Å². The van der Waals surface area contributed by atoms with Gasteiger partial charge in [-0.1, -0.05) is 13.8 Å². The Bertz CT molecular complexity index is 232. The van der Waals surface area contributed by atoms with Crippen LogP contribution in [0.2, 0.25) is 0 Å². The molecule has 0 aliphatic heterocycles. The number of carbonyl (C=O) groups is 1. The summed E-state index contributed by atoms with van der Waals surface area (Å²) >= 11 is 0. The molecule has 74 valence electrons. The van der Waals surface area contributed by atoms with Crippen LogP contribution in [0.5, 0.6) is 0 Å². The Morgan fingerprint density at radius 1 is 1.46 bits per heavy atom. The van der Waals surface area contributed by atoms with Crippen LogP contribution in [0.1, 0.15) is 39.5 Å². The van der Waals surface area contributed by atoms with Crippen molar-refractivity contribution in [2.24, 2.45) is 17.3 Å². The highest BCUT2D eigenvalue weighted by Crippen LogP contribution is 2.51. The maximum absolute atomic E-state index is 11.6. The quantitative estimate of drug-likeness (QED) is 0.620. The lowest BCUT2D eigenvalue weighted by molar-refractivity contribution is -0.129. The van der Waals surface area contributed by atoms with Gasteiger partial charge in [-0.15, -0.1) is 0 Å². The van der Waals surface area contributed by atoms with Crippen molar-refractivity contribution in [3.05, 3.63) is 0 Å². The zero-order valence-electron chi connectivity index (χ0n) is 8.42. The van der Waals surface area contributed by atoms with Crippen molar-refractivity contribution in [2.45, 2.75) is 45.6 Å². The van der Waals surface area contributed by atoms with E-state index in [9.17, 15) is 9.90 Å². The third-order valence-electron chi connectivity index (χ3n) is 3.90. The van der Waals surface area contributed by atoms with Crippen molar-refractivity contribution >= 4 is 5.78 Å². The molecule has 2 heteroatoms. The lowest BCUT2D eigenvalue weighted by atomic mass is 9.71. The second-order valence-corrected chi connectivity index (χ2v) is 5.25. The van der Waals surface area contributed by atoms with Gasteiger partial charge in [0.2, 0.25) is 0 Å². The minimum Gasteiger partial charge on any atom is -0.392 e. The molecule has 13 heavy (non-hydrogen) atoms. The molecule has 2 aliphatic rings. The maximum Gasteiger partial charge on any atom is 0.138 e. The largest absolute Gasteiger partial charge is 0.392 e. The number of rotatable bonds is 0. The molecule has 0 heterocycles. The van der Waals surface area contributed by atoms with Crippen LogP contribution in [-0.2, 0) is 4.79 Å². The third-order valence-corrected chi connectivity index (χ3v) is 3.90. The number of carbonyl (C=O) groups excluding carboxylic acids is 1. The Hall–Kier alpha value is -0.370. The smallest absolute Gasteiger partial charge is 0.138 e. The Morgan fingerprint density at radius 3 is 2.77 bits per heavy atom. The summed E-state index contributed by atoms with van der Waals surface area (Å²) in [4.78, 5) is 11.6. The number of hydrogen-bond donors (Lipinski definition) is 1. The first-order valence-electron chi connectivity index (χ1n) is 5.23. The fraction of sp³-hybridized carbons (Fsp3) is 0.909. The molecule has 0 spiro atoms. The third kappa shape index (κ3) is 1.32. The topological polar surface area (TPSA) is 37.3 Å². The van der Waals surface area contributed by atoms with Crippen molar-refractivity contribution in [3.63, 3.8) is 0 Å². The average molecular weight is 182 g/mol. The van der Waals surface area contributed by atoms with Gasteiger partial charge in [-0.3, -0.25) is 4.79 Å². The van der Waals surface area contributed by atoms with E-state index in [1.165, 1.54) is 0 Å². The highest BCUT2D eigenvalue weighted by atomic mass is 16.3. The van der Waals surface area contributed by atoms with Crippen molar-refractivity contribution in [3.8, 4) is 0 Å². The fourth-order valence-corrected chi connectivity index (χ4v) is 3.24. The molecule has 0 aromatic heterocycles. The van der Waals surface area contributed by atoms with E-state index in [0.717, 1.165) is 19.3 Å². The summed E-state index contributed by atoms with van der Waals surface area (Å²) in [6.07, 6.45) is 3.27. The number of aliphatic hydroxyl groups is 1. The molecule has 1 N–H and O–H groups in total. The van der Waals surface area contributed by atoms with E-state index in [2.05, 4.69) is 13.8 Å². The molecule has 2 rings (SSSR count). The molecule has 0 unspecified atom stereocenters. The zero-order valence-corrected chi connectivity index (χ0v) is 8.42. The number of hydrogen-bond acceptors (Lipinski definition) is 2. The van der Waals surface area contributed by atoms with Crippen LogP contribution in [0.4, 0.5) is 0 Å². The predicted molar refractivity (Wildman–Crippen MR) is 50.2 cm³/mol. The molecule has 3 atom stereocenters. The summed E-state index contributed by atoms with van der Waals surface area (Å²) in [7, 11) is 0. The standard InChI is InChI=1S/C11H18O2/c1-11(2)6-9(13)10-7(11)4-3-5-8(10)12/h7,9-10,13H,3-6H2,1-2H3/t7-,9+,10+/m0/s1. The van der Waals surface area contributed by atoms with Crippen LogP contribution in [-0.4, -0.2) is 17.0 Å². The number of ketones is 1. The van der Waals surface area contributed by atoms with Gasteiger partial charge in [0.25, 0.3) is 0 Å². The Kier molecular flexibility index (Phi) is 1.99. The van der Waals surface area contributed by atoms with Gasteiger partial charge < -0.3 is 5.11 Å². The molecule has 0 bridgehead atoms. The Morgan fingerprint density at radius 2 is 2.15 bits per heavy atom. The first-order chi connectivity index (χ1) is 6.02. The molecule has 0 radical (unpaired) electrons. The normalized spacial score (nSPS) is 43.3. The van der Waals surface area contributed by atoms with Crippen molar-refractivity contribution in [1.82, 2.24) is 0 Å². The summed E-state index contributed by atoms with van der Waals surface area (Å²) < 4.78 is 0. The van der Waals surface area contributed by atoms with Gasteiger partial charge in [-0.25, -0.2) is 0 Å². The summed E-state index contributed by atoms with van der Waals surface area (Å²) in [6.45, 7) is 4.36. The highest BCUT2D eigenvalue weighted by molar-refractivity contribution is 5.83. The average Bonchev–Trinajstić information content (AvgIpc) is 2.24. The van der Waals surface area contributed by atoms with E-state index >= 15 is 0 Å². The van der Waals surface area contributed by atoms with Gasteiger partial charge in [-0.05, 0) is 30.6 Å². The van der Waals surface area contributed by atoms with Crippen LogP contribution in [0.3, 0.4) is 0 Å². The molecule has 2 saturated carbocycles. The second kappa shape index (κ2) is 2.81. The minimum absolute atomic E-state index is 0.0382. The molecule has 2 nitrogen and oxygen atoms in total. The van der Waals surface area contributed by atoms with Gasteiger partial charge in [-0.2, -0.15) is 0 Å². The summed E-state index contributed by atoms with van der Waals surface area (Å²) in [6, 6.07) is 0. The lowest BCUT2D eigenvalue weighted by Gasteiger charge is -2.33. The predicted octanol–water partition coefficient (Wildman–Crippen LogP) is 1.76. The van der Waals surface area contributed by atoms with Gasteiger partial charge in [0, 0.05) is 12.3 Å². The molecule has 2 aliphatic carbocycles. The molecule has 0 amide bonds. The maximum atomic E-state index is 11.6. The molecular weight excluding hydrogens is 164 g/mol. The molecule has 2 fully saturated rings. The number of fused-ring (bicyclic) bond motifs is 1. The Labute approximate surface area is 79.3 Å². The first kappa shape index (κ1) is 9.20. The summed E-state index contributed by atoms with van der Waals surface area (Å²) in [5.74, 6) is 0.696. The van der Waals surface area contributed by atoms with Gasteiger partial charge in [0.15, 0.2) is 0 Å². The van der Waals surface area contributed by atoms with Gasteiger partial charge in [0.1, 0.15) is 5.78 Å². The van der Waals surface area contributed by atoms with Crippen LogP contribution >= 0.6 is 0 Å². The second-order valence-electron chi connectivity index (χ2n) is 5.25. The lowest BCUT2D eigenvalue weighted by Crippen LogP contribution is -2.34. The molecule has 0 aromatic carbocycles. The van der Waals surface area contributed by atoms with Gasteiger partial charge in [0.05, 0.1) is 6.10 Å². The Balaban J connectivity index is 2.26. The first-order valence-corrected chi connectivity index (χ1v) is 5.23. The highest BCUT2D eigenvalue weighted by Gasteiger charge is 2.51. The number of aliphatic hydroxyl groups excluding tert-OH is 1. The van der Waals surface area contributed by atoms with Crippen LogP contribution in [0.15, 0.2) is 0 Å². The van der Waals surface area contributed by atoms with Crippen molar-refractivity contribution in [1.29, 1.82) is 0 Å². The van der Waals surface area contributed by atoms with E-state index < -0.39 is 0 Å². The van der Waals surface area contributed by atoms with Crippen molar-refractivity contribution < 1.29 is 9.90 Å². The molecular formula is C11H18O2. The minimum atomic E-state index is -0.368. The van der Waals surface area contributed by atoms with Crippen LogP contribution < -0.4 is 0 Å². The summed E-state index contributed by atoms with van der Waals surface area (Å²) in [5, 5.41) is 9.81. The van der Waals surface area contributed by atoms with E-state index in [-0.39, 0.29) is 17.4 Å². The fourth-order valence-electron chi connectivity index (χ4n) is 3.24. The number of Topliss-reactive ketones (excluding diaryl/α,β-unsaturated/α-hetero) is 1.